The summed E-state index contributed by atoms with van der Waals surface area (Å²) in [7, 11) is 0. The number of benzene rings is 1. The highest BCUT2D eigenvalue weighted by atomic mass is 35.5. The van der Waals surface area contributed by atoms with Gasteiger partial charge in [0.25, 0.3) is 5.69 Å². The molecule has 0 radical (unpaired) electrons. The van der Waals surface area contributed by atoms with Gasteiger partial charge in [-0.1, -0.05) is 11.6 Å². The lowest BCUT2D eigenvalue weighted by molar-refractivity contribution is -0.384. The van der Waals surface area contributed by atoms with Crippen LogP contribution >= 0.6 is 11.6 Å². The fourth-order valence-corrected chi connectivity index (χ4v) is 2.75. The smallest absolute Gasteiger partial charge is 0.288 e. The van der Waals surface area contributed by atoms with E-state index in [9.17, 15) is 10.1 Å². The number of anilines is 1. The molecular formula is C13H17ClN2O3. The van der Waals surface area contributed by atoms with Gasteiger partial charge in [-0.3, -0.25) is 10.1 Å². The van der Waals surface area contributed by atoms with Crippen molar-refractivity contribution in [1.82, 2.24) is 0 Å². The number of rotatable bonds is 4. The van der Waals surface area contributed by atoms with Gasteiger partial charge in [0.1, 0.15) is 5.02 Å². The lowest BCUT2D eigenvalue weighted by Crippen LogP contribution is -2.33. The predicted molar refractivity (Wildman–Crippen MR) is 74.7 cm³/mol. The Morgan fingerprint density at radius 3 is 2.63 bits per heavy atom. The van der Waals surface area contributed by atoms with Crippen molar-refractivity contribution in [3.63, 3.8) is 0 Å². The van der Waals surface area contributed by atoms with Crippen LogP contribution in [0.1, 0.15) is 19.3 Å². The van der Waals surface area contributed by atoms with Crippen LogP contribution in [0.4, 0.5) is 11.4 Å². The van der Waals surface area contributed by atoms with Crippen LogP contribution in [0.3, 0.4) is 0 Å². The van der Waals surface area contributed by atoms with Crippen LogP contribution in [0.25, 0.3) is 0 Å². The van der Waals surface area contributed by atoms with Gasteiger partial charge in [0.15, 0.2) is 0 Å². The van der Waals surface area contributed by atoms with E-state index >= 15 is 0 Å². The molecule has 0 aromatic heterocycles. The van der Waals surface area contributed by atoms with Gasteiger partial charge in [-0.05, 0) is 37.3 Å². The van der Waals surface area contributed by atoms with E-state index in [-0.39, 0.29) is 17.3 Å². The van der Waals surface area contributed by atoms with Gasteiger partial charge in [0, 0.05) is 31.5 Å². The van der Waals surface area contributed by atoms with Crippen molar-refractivity contribution < 1.29 is 10.0 Å². The predicted octanol–water partition coefficient (Wildman–Crippen LogP) is 2.85. The molecule has 104 valence electrons. The molecule has 2 rings (SSSR count). The molecule has 6 heteroatoms. The number of halogens is 1. The Bertz CT molecular complexity index is 459. The van der Waals surface area contributed by atoms with E-state index in [0.29, 0.717) is 5.92 Å². The Labute approximate surface area is 116 Å². The number of nitrogens with zero attached hydrogens (tertiary/aromatic N) is 2. The summed E-state index contributed by atoms with van der Waals surface area (Å²) >= 11 is 5.92. The molecule has 5 nitrogen and oxygen atoms in total. The van der Waals surface area contributed by atoms with Crippen LogP contribution in [0, 0.1) is 16.0 Å². The normalized spacial score (nSPS) is 16.6. The fraction of sp³-hybridized carbons (Fsp3) is 0.538. The molecule has 0 unspecified atom stereocenters. The maximum absolute atomic E-state index is 10.7. The second kappa shape index (κ2) is 6.21. The van der Waals surface area contributed by atoms with Crippen molar-refractivity contribution in [2.24, 2.45) is 5.92 Å². The number of nitro benzene ring substituents is 1. The number of aliphatic hydroxyl groups excluding tert-OH is 1. The van der Waals surface area contributed by atoms with Gasteiger partial charge in [-0.25, -0.2) is 0 Å². The van der Waals surface area contributed by atoms with Crippen LogP contribution in [0.15, 0.2) is 18.2 Å². The summed E-state index contributed by atoms with van der Waals surface area (Å²) in [5.41, 5.74) is 0.874. The number of aliphatic hydroxyl groups is 1. The van der Waals surface area contributed by atoms with Crippen LogP contribution in [-0.4, -0.2) is 29.7 Å². The van der Waals surface area contributed by atoms with E-state index in [1.54, 1.807) is 12.1 Å². The summed E-state index contributed by atoms with van der Waals surface area (Å²) in [5.74, 6) is 0.578. The summed E-state index contributed by atoms with van der Waals surface area (Å²) in [6.07, 6.45) is 2.93. The molecule has 0 saturated carbocycles. The van der Waals surface area contributed by atoms with Gasteiger partial charge in [-0.2, -0.15) is 0 Å². The third-order valence-electron chi connectivity index (χ3n) is 3.64. The molecule has 0 atom stereocenters. The third-order valence-corrected chi connectivity index (χ3v) is 3.95. The highest BCUT2D eigenvalue weighted by molar-refractivity contribution is 6.32. The Hall–Kier alpha value is -1.33. The first-order valence-electron chi connectivity index (χ1n) is 6.41. The molecule has 1 aromatic rings. The monoisotopic (exact) mass is 284 g/mol. The van der Waals surface area contributed by atoms with Crippen LogP contribution < -0.4 is 4.90 Å². The number of hydrogen-bond donors (Lipinski definition) is 1. The lowest BCUT2D eigenvalue weighted by atomic mass is 9.93. The Balaban J connectivity index is 2.04. The first-order valence-corrected chi connectivity index (χ1v) is 6.79. The minimum absolute atomic E-state index is 0.0550. The molecule has 1 fully saturated rings. The maximum atomic E-state index is 10.7. The standard InChI is InChI=1S/C13H17ClN2O3/c14-12-9-11(1-2-13(12)16(18)19)15-6-3-10(4-7-15)5-8-17/h1-2,9-10,17H,3-8H2. The fourth-order valence-electron chi connectivity index (χ4n) is 2.50. The zero-order chi connectivity index (χ0) is 13.8. The van der Waals surface area contributed by atoms with Crippen molar-refractivity contribution >= 4 is 23.0 Å². The molecule has 19 heavy (non-hydrogen) atoms. The average molecular weight is 285 g/mol. The van der Waals surface area contributed by atoms with E-state index in [2.05, 4.69) is 4.90 Å². The molecule has 1 N–H and O–H groups in total. The van der Waals surface area contributed by atoms with Crippen LogP contribution in [0.5, 0.6) is 0 Å². The zero-order valence-corrected chi connectivity index (χ0v) is 11.3. The highest BCUT2D eigenvalue weighted by Crippen LogP contribution is 2.31. The Kier molecular flexibility index (Phi) is 4.61. The largest absolute Gasteiger partial charge is 0.396 e. The summed E-state index contributed by atoms with van der Waals surface area (Å²) in [6.45, 7) is 2.05. The molecule has 0 bridgehead atoms. The minimum atomic E-state index is -0.473. The third kappa shape index (κ3) is 3.36. The minimum Gasteiger partial charge on any atom is -0.396 e. The average Bonchev–Trinajstić information content (AvgIpc) is 2.39. The van der Waals surface area contributed by atoms with E-state index in [4.69, 9.17) is 16.7 Å². The van der Waals surface area contributed by atoms with E-state index in [0.717, 1.165) is 38.0 Å². The first kappa shape index (κ1) is 14.1. The van der Waals surface area contributed by atoms with Crippen molar-refractivity contribution in [3.8, 4) is 0 Å². The lowest BCUT2D eigenvalue weighted by Gasteiger charge is -2.33. The van der Waals surface area contributed by atoms with E-state index in [1.807, 2.05) is 0 Å². The van der Waals surface area contributed by atoms with E-state index < -0.39 is 4.92 Å². The summed E-state index contributed by atoms with van der Waals surface area (Å²) in [6, 6.07) is 4.86. The molecule has 0 aliphatic carbocycles. The topological polar surface area (TPSA) is 66.6 Å². The SMILES string of the molecule is O=[N+]([O-])c1ccc(N2CCC(CCO)CC2)cc1Cl. The second-order valence-electron chi connectivity index (χ2n) is 4.84. The Morgan fingerprint density at radius 2 is 2.11 bits per heavy atom. The molecule has 1 saturated heterocycles. The zero-order valence-electron chi connectivity index (χ0n) is 10.6. The number of piperidine rings is 1. The number of nitro groups is 1. The summed E-state index contributed by atoms with van der Waals surface area (Å²) in [5, 5.41) is 19.8. The number of hydrogen-bond acceptors (Lipinski definition) is 4. The molecule has 0 spiro atoms. The molecule has 1 aliphatic rings. The second-order valence-corrected chi connectivity index (χ2v) is 5.24. The van der Waals surface area contributed by atoms with E-state index in [1.165, 1.54) is 6.07 Å². The van der Waals surface area contributed by atoms with Crippen molar-refractivity contribution in [3.05, 3.63) is 33.3 Å². The summed E-state index contributed by atoms with van der Waals surface area (Å²) < 4.78 is 0. The molecule has 1 aromatic carbocycles. The maximum Gasteiger partial charge on any atom is 0.288 e. The highest BCUT2D eigenvalue weighted by Gasteiger charge is 2.20. The quantitative estimate of drug-likeness (QED) is 0.682. The van der Waals surface area contributed by atoms with Crippen LogP contribution in [-0.2, 0) is 0 Å². The van der Waals surface area contributed by atoms with Gasteiger partial charge < -0.3 is 10.0 Å². The van der Waals surface area contributed by atoms with Crippen molar-refractivity contribution in [1.29, 1.82) is 0 Å². The van der Waals surface area contributed by atoms with Gasteiger partial charge >= 0.3 is 0 Å². The van der Waals surface area contributed by atoms with Gasteiger partial charge in [-0.15, -0.1) is 0 Å². The van der Waals surface area contributed by atoms with Crippen molar-refractivity contribution in [2.75, 3.05) is 24.6 Å². The van der Waals surface area contributed by atoms with Crippen LogP contribution in [0.2, 0.25) is 5.02 Å². The van der Waals surface area contributed by atoms with Crippen molar-refractivity contribution in [2.45, 2.75) is 19.3 Å². The summed E-state index contributed by atoms with van der Waals surface area (Å²) in [4.78, 5) is 12.4. The first-order chi connectivity index (χ1) is 9.11. The molecule has 1 aliphatic heterocycles. The van der Waals surface area contributed by atoms with Gasteiger partial charge in [0.2, 0.25) is 0 Å². The van der Waals surface area contributed by atoms with Gasteiger partial charge in [0.05, 0.1) is 4.92 Å². The molecular weight excluding hydrogens is 268 g/mol. The Morgan fingerprint density at radius 1 is 1.42 bits per heavy atom. The molecule has 0 amide bonds. The molecule has 1 heterocycles.